The molecule has 2 unspecified atom stereocenters. The molecule has 1 heterocycles. The molecule has 5 heteroatoms. The molecule has 3 nitrogen and oxygen atoms in total. The molecule has 2 atom stereocenters. The number of halogens is 2. The number of hydrogen-bond donors (Lipinski definition) is 1. The van der Waals surface area contributed by atoms with Gasteiger partial charge in [0.15, 0.2) is 0 Å². The standard InChI is InChI=1S/C6H10F2O3/c7-6(8)5-3-10-4(1-9)2-11-5/h4-6,9H,1-3H2. The van der Waals surface area contributed by atoms with Crippen LogP contribution in [0.4, 0.5) is 8.78 Å². The summed E-state index contributed by atoms with van der Waals surface area (Å²) < 4.78 is 33.3. The lowest BCUT2D eigenvalue weighted by Gasteiger charge is -2.27. The summed E-state index contributed by atoms with van der Waals surface area (Å²) in [6.07, 6.45) is -4.07. The van der Waals surface area contributed by atoms with Gasteiger partial charge in [0.05, 0.1) is 19.8 Å². The molecule has 1 aliphatic heterocycles. The van der Waals surface area contributed by atoms with E-state index in [4.69, 9.17) is 14.6 Å². The topological polar surface area (TPSA) is 38.7 Å². The molecule has 0 radical (unpaired) electrons. The first-order valence-electron chi connectivity index (χ1n) is 3.36. The third-order valence-electron chi connectivity index (χ3n) is 1.48. The van der Waals surface area contributed by atoms with Crippen molar-refractivity contribution in [1.29, 1.82) is 0 Å². The molecule has 1 saturated heterocycles. The first-order valence-corrected chi connectivity index (χ1v) is 3.36. The van der Waals surface area contributed by atoms with Gasteiger partial charge < -0.3 is 14.6 Å². The van der Waals surface area contributed by atoms with Gasteiger partial charge in [-0.05, 0) is 0 Å². The predicted octanol–water partition coefficient (Wildman–Crippen LogP) is 0.0278. The van der Waals surface area contributed by atoms with Crippen LogP contribution in [0.15, 0.2) is 0 Å². The van der Waals surface area contributed by atoms with E-state index in [9.17, 15) is 8.78 Å². The maximum atomic E-state index is 11.9. The van der Waals surface area contributed by atoms with E-state index in [-0.39, 0.29) is 19.8 Å². The summed E-state index contributed by atoms with van der Waals surface area (Å²) in [4.78, 5) is 0. The summed E-state index contributed by atoms with van der Waals surface area (Å²) in [7, 11) is 0. The normalized spacial score (nSPS) is 32.7. The molecule has 1 aliphatic rings. The van der Waals surface area contributed by atoms with Gasteiger partial charge in [-0.15, -0.1) is 0 Å². The molecule has 1 N–H and O–H groups in total. The molecule has 66 valence electrons. The zero-order chi connectivity index (χ0) is 8.27. The number of alkyl halides is 2. The number of rotatable bonds is 2. The van der Waals surface area contributed by atoms with Crippen molar-refractivity contribution in [2.45, 2.75) is 18.6 Å². The van der Waals surface area contributed by atoms with Crippen molar-refractivity contribution in [2.75, 3.05) is 19.8 Å². The minimum absolute atomic E-state index is 0.0471. The Morgan fingerprint density at radius 3 is 2.45 bits per heavy atom. The van der Waals surface area contributed by atoms with Crippen LogP contribution < -0.4 is 0 Å². The second-order valence-electron chi connectivity index (χ2n) is 2.34. The van der Waals surface area contributed by atoms with Crippen LogP contribution in [0.25, 0.3) is 0 Å². The number of hydrogen-bond acceptors (Lipinski definition) is 3. The van der Waals surface area contributed by atoms with E-state index >= 15 is 0 Å². The molecule has 0 saturated carbocycles. The summed E-state index contributed by atoms with van der Waals surface area (Å²) in [5.41, 5.74) is 0. The number of ether oxygens (including phenoxy) is 2. The van der Waals surface area contributed by atoms with Crippen LogP contribution in [0.3, 0.4) is 0 Å². The van der Waals surface area contributed by atoms with Crippen molar-refractivity contribution in [2.24, 2.45) is 0 Å². The Morgan fingerprint density at radius 1 is 1.36 bits per heavy atom. The monoisotopic (exact) mass is 168 g/mol. The van der Waals surface area contributed by atoms with Crippen molar-refractivity contribution in [3.63, 3.8) is 0 Å². The van der Waals surface area contributed by atoms with Gasteiger partial charge in [-0.1, -0.05) is 0 Å². The van der Waals surface area contributed by atoms with Crippen molar-refractivity contribution < 1.29 is 23.4 Å². The van der Waals surface area contributed by atoms with Crippen LogP contribution in [0.5, 0.6) is 0 Å². The molecule has 0 amide bonds. The highest BCUT2D eigenvalue weighted by Crippen LogP contribution is 2.13. The molecule has 1 fully saturated rings. The predicted molar refractivity (Wildman–Crippen MR) is 32.6 cm³/mol. The molecule has 0 spiro atoms. The van der Waals surface area contributed by atoms with E-state index in [1.807, 2.05) is 0 Å². The van der Waals surface area contributed by atoms with Crippen LogP contribution in [0.1, 0.15) is 0 Å². The van der Waals surface area contributed by atoms with E-state index in [2.05, 4.69) is 0 Å². The highest BCUT2D eigenvalue weighted by molar-refractivity contribution is 4.68. The first kappa shape index (κ1) is 8.83. The van der Waals surface area contributed by atoms with Crippen LogP contribution in [0.2, 0.25) is 0 Å². The fourth-order valence-corrected chi connectivity index (χ4v) is 0.809. The van der Waals surface area contributed by atoms with Gasteiger partial charge in [0, 0.05) is 0 Å². The fraction of sp³-hybridized carbons (Fsp3) is 1.00. The van der Waals surface area contributed by atoms with Gasteiger partial charge in [0.25, 0.3) is 6.43 Å². The second-order valence-corrected chi connectivity index (χ2v) is 2.34. The maximum absolute atomic E-state index is 11.9. The largest absolute Gasteiger partial charge is 0.394 e. The van der Waals surface area contributed by atoms with Crippen LogP contribution in [0, 0.1) is 0 Å². The minimum atomic E-state index is -2.50. The third-order valence-corrected chi connectivity index (χ3v) is 1.48. The van der Waals surface area contributed by atoms with Crippen LogP contribution >= 0.6 is 0 Å². The van der Waals surface area contributed by atoms with E-state index in [0.29, 0.717) is 0 Å². The van der Waals surface area contributed by atoms with Gasteiger partial charge in [0.2, 0.25) is 0 Å². The van der Waals surface area contributed by atoms with Gasteiger partial charge in [-0.3, -0.25) is 0 Å². The Balaban J connectivity index is 2.24. The Bertz CT molecular complexity index is 112. The SMILES string of the molecule is OCC1COC(C(F)F)CO1. The highest BCUT2D eigenvalue weighted by atomic mass is 19.3. The molecular formula is C6H10F2O3. The lowest BCUT2D eigenvalue weighted by molar-refractivity contribution is -0.181. The van der Waals surface area contributed by atoms with E-state index < -0.39 is 18.6 Å². The summed E-state index contributed by atoms with van der Waals surface area (Å²) in [6, 6.07) is 0. The molecule has 11 heavy (non-hydrogen) atoms. The summed E-state index contributed by atoms with van der Waals surface area (Å²) in [5, 5.41) is 8.52. The zero-order valence-corrected chi connectivity index (χ0v) is 5.87. The van der Waals surface area contributed by atoms with Gasteiger partial charge in [0.1, 0.15) is 12.2 Å². The molecule has 0 aliphatic carbocycles. The Labute approximate surface area is 62.9 Å². The molecule has 0 aromatic rings. The lowest BCUT2D eigenvalue weighted by Crippen LogP contribution is -2.41. The summed E-state index contributed by atoms with van der Waals surface area (Å²) >= 11 is 0. The Morgan fingerprint density at radius 2 is 2.09 bits per heavy atom. The molecular weight excluding hydrogens is 158 g/mol. The van der Waals surface area contributed by atoms with Crippen molar-refractivity contribution in [3.8, 4) is 0 Å². The minimum Gasteiger partial charge on any atom is -0.394 e. The molecule has 1 rings (SSSR count). The highest BCUT2D eigenvalue weighted by Gasteiger charge is 2.28. The van der Waals surface area contributed by atoms with Gasteiger partial charge in [-0.2, -0.15) is 0 Å². The lowest BCUT2D eigenvalue weighted by atomic mass is 10.3. The third kappa shape index (κ3) is 2.36. The quantitative estimate of drug-likeness (QED) is 0.632. The van der Waals surface area contributed by atoms with Crippen molar-refractivity contribution >= 4 is 0 Å². The van der Waals surface area contributed by atoms with Gasteiger partial charge >= 0.3 is 0 Å². The second kappa shape index (κ2) is 3.94. The number of aliphatic hydroxyl groups is 1. The van der Waals surface area contributed by atoms with E-state index in [0.717, 1.165) is 0 Å². The average Bonchev–Trinajstić information content (AvgIpc) is 2.05. The van der Waals surface area contributed by atoms with Crippen molar-refractivity contribution in [1.82, 2.24) is 0 Å². The Hall–Kier alpha value is -0.260. The molecule has 0 aromatic carbocycles. The van der Waals surface area contributed by atoms with Crippen molar-refractivity contribution in [3.05, 3.63) is 0 Å². The van der Waals surface area contributed by atoms with Crippen LogP contribution in [-0.4, -0.2) is 43.6 Å². The fourth-order valence-electron chi connectivity index (χ4n) is 0.809. The van der Waals surface area contributed by atoms with E-state index in [1.54, 1.807) is 0 Å². The zero-order valence-electron chi connectivity index (χ0n) is 5.87. The summed E-state index contributed by atoms with van der Waals surface area (Å²) in [5.74, 6) is 0. The molecule has 0 bridgehead atoms. The first-order chi connectivity index (χ1) is 5.24. The smallest absolute Gasteiger partial charge is 0.266 e. The number of aliphatic hydroxyl groups excluding tert-OH is 1. The van der Waals surface area contributed by atoms with Crippen LogP contribution in [-0.2, 0) is 9.47 Å². The molecule has 0 aromatic heterocycles. The maximum Gasteiger partial charge on any atom is 0.266 e. The average molecular weight is 168 g/mol. The summed E-state index contributed by atoms with van der Waals surface area (Å²) in [6.45, 7) is -0.273. The Kier molecular flexibility index (Phi) is 3.16. The van der Waals surface area contributed by atoms with E-state index in [1.165, 1.54) is 0 Å². The van der Waals surface area contributed by atoms with Gasteiger partial charge in [-0.25, -0.2) is 8.78 Å².